The van der Waals surface area contributed by atoms with E-state index in [0.29, 0.717) is 63.2 Å². The van der Waals surface area contributed by atoms with Gasteiger partial charge < -0.3 is 60.6 Å². The van der Waals surface area contributed by atoms with E-state index in [0.717, 1.165) is 25.9 Å². The fourth-order valence-corrected chi connectivity index (χ4v) is 6.21. The normalized spacial score (nSPS) is 19.2. The third kappa shape index (κ3) is 10.7. The molecule has 4 aliphatic heterocycles. The second kappa shape index (κ2) is 18.4. The predicted octanol–water partition coefficient (Wildman–Crippen LogP) is -6.68. The molecule has 20 heteroatoms. The fraction of sp³-hybridized carbons (Fsp3) is 0.533. The van der Waals surface area contributed by atoms with Gasteiger partial charge in [0.25, 0.3) is 0 Å². The van der Waals surface area contributed by atoms with Crippen molar-refractivity contribution in [1.82, 2.24) is 9.80 Å². The summed E-state index contributed by atoms with van der Waals surface area (Å²) in [5.41, 5.74) is 11.9. The van der Waals surface area contributed by atoms with Gasteiger partial charge in [-0.05, 0) is 75.1 Å². The number of aryl methyl sites for hydroxylation is 2. The van der Waals surface area contributed by atoms with E-state index >= 15 is 0 Å². The maximum absolute atomic E-state index is 11.7. The summed E-state index contributed by atoms with van der Waals surface area (Å²) in [4.78, 5) is 27.7. The molecule has 4 aliphatic rings. The van der Waals surface area contributed by atoms with Crippen LogP contribution in [0.1, 0.15) is 44.7 Å². The van der Waals surface area contributed by atoms with Crippen LogP contribution in [0, 0.1) is 0 Å². The molecule has 0 aromatic heterocycles. The molecule has 0 saturated carbocycles. The van der Waals surface area contributed by atoms with Crippen LogP contribution in [0.25, 0.3) is 0 Å². The minimum Gasteiger partial charge on any atom is -0.669 e. The Labute approximate surface area is 334 Å². The molecule has 0 spiro atoms. The number of hydrogen-bond acceptors (Lipinski definition) is 14. The van der Waals surface area contributed by atoms with E-state index in [1.54, 1.807) is 24.3 Å². The van der Waals surface area contributed by atoms with Gasteiger partial charge in [-0.3, -0.25) is 9.80 Å². The molecule has 16 nitrogen and oxygen atoms in total. The smallest absolute Gasteiger partial charge is 0.669 e. The summed E-state index contributed by atoms with van der Waals surface area (Å²) < 4.78 is 21.9. The van der Waals surface area contributed by atoms with Gasteiger partial charge in [0.2, 0.25) is 0 Å². The second-order valence-electron chi connectivity index (χ2n) is 12.8. The van der Waals surface area contributed by atoms with Crippen LogP contribution in [0.5, 0.6) is 23.0 Å². The maximum atomic E-state index is 11.7. The molecule has 6 rings (SSSR count). The van der Waals surface area contributed by atoms with Crippen molar-refractivity contribution < 1.29 is 118 Å². The van der Waals surface area contributed by atoms with Crippen LogP contribution in [0.2, 0.25) is 12.6 Å². The topological polar surface area (TPSA) is 251 Å². The monoisotopic (exact) mass is 720 g/mol. The third-order valence-corrected chi connectivity index (χ3v) is 8.81. The van der Waals surface area contributed by atoms with Crippen LogP contribution in [0.15, 0.2) is 24.3 Å². The van der Waals surface area contributed by atoms with Crippen LogP contribution >= 0.6 is 0 Å². The first kappa shape index (κ1) is 42.8. The number of rotatable bonds is 12. The van der Waals surface area contributed by atoms with Crippen molar-refractivity contribution in [3.05, 3.63) is 46.5 Å². The molecule has 2 saturated heterocycles. The van der Waals surface area contributed by atoms with Crippen molar-refractivity contribution in [2.24, 2.45) is 11.5 Å². The number of ether oxygens (including phenoxy) is 2. The Morgan fingerprint density at radius 3 is 1.38 bits per heavy atom. The molecule has 2 aromatic rings. The number of carbonyl (C=O) groups is 2. The van der Waals surface area contributed by atoms with Crippen molar-refractivity contribution in [1.29, 1.82) is 0 Å². The predicted molar refractivity (Wildman–Crippen MR) is 175 cm³/mol. The summed E-state index contributed by atoms with van der Waals surface area (Å²) in [5.74, 6) is -2.05. The summed E-state index contributed by atoms with van der Waals surface area (Å²) in [6.07, 6.45) is 2.42. The number of hydrogen-bond donors (Lipinski definition) is 8. The van der Waals surface area contributed by atoms with Crippen molar-refractivity contribution in [2.75, 3.05) is 52.4 Å². The Balaban J connectivity index is 0.000000260. The van der Waals surface area contributed by atoms with E-state index < -0.39 is 25.4 Å². The summed E-state index contributed by atoms with van der Waals surface area (Å²) in [6.45, 7) is -0.123. The van der Waals surface area contributed by atoms with Gasteiger partial charge >= 0.3 is 84.6 Å². The number of carboxylic acids is 2. The number of nitrogens with zero attached hydrogens (tertiary/aromatic N) is 2. The summed E-state index contributed by atoms with van der Waals surface area (Å²) in [5, 5.41) is 57.9. The van der Waals surface area contributed by atoms with Crippen LogP contribution in [0.4, 0.5) is 0 Å². The number of carboxylic acid groups (broad SMARTS) is 2. The molecule has 0 aliphatic carbocycles. The molecule has 0 atom stereocenters. The third-order valence-electron chi connectivity index (χ3n) is 8.81. The quantitative estimate of drug-likeness (QED) is 0.0950. The van der Waals surface area contributed by atoms with Gasteiger partial charge in [-0.1, -0.05) is 24.8 Å². The standard InChI is InChI=1S/2C15H22BN2O6.2Na/c2*17-6-1-7-18-8-11(9-18)23-12-3-2-10-4-5-16(21,22)24-14(10)13(12)15(19)20;;/h2*2-3,11,21-22H,1,4-9,17H2,(H,19,20);;/q2*-1;2*+1. The summed E-state index contributed by atoms with van der Waals surface area (Å²) in [7, 11) is 0. The van der Waals surface area contributed by atoms with Gasteiger partial charge in [0.1, 0.15) is 34.8 Å². The molecule has 2 fully saturated rings. The van der Waals surface area contributed by atoms with Crippen LogP contribution < -0.4 is 89.4 Å². The average Bonchev–Trinajstić information content (AvgIpc) is 2.97. The molecular formula is C30H44B2N4Na2O12. The second-order valence-corrected chi connectivity index (χ2v) is 12.8. The zero-order chi connectivity index (χ0) is 34.6. The average molecular weight is 720 g/mol. The minimum absolute atomic E-state index is 0. The molecule has 50 heavy (non-hydrogen) atoms. The summed E-state index contributed by atoms with van der Waals surface area (Å²) >= 11 is 0. The van der Waals surface area contributed by atoms with Gasteiger partial charge in [0, 0.05) is 26.2 Å². The van der Waals surface area contributed by atoms with E-state index in [-0.39, 0.29) is 118 Å². The van der Waals surface area contributed by atoms with Crippen molar-refractivity contribution in [3.63, 3.8) is 0 Å². The van der Waals surface area contributed by atoms with E-state index in [2.05, 4.69) is 9.80 Å². The van der Waals surface area contributed by atoms with Gasteiger partial charge in [-0.2, -0.15) is 0 Å². The van der Waals surface area contributed by atoms with Crippen molar-refractivity contribution in [2.45, 2.75) is 50.5 Å². The Bertz CT molecular complexity index is 1390. The molecule has 264 valence electrons. The Morgan fingerprint density at radius 2 is 1.06 bits per heavy atom. The molecule has 0 amide bonds. The zero-order valence-electron chi connectivity index (χ0n) is 28.7. The molecule has 0 radical (unpaired) electrons. The SMILES string of the molecule is NCCCN1CC(Oc2ccc3c(c2C(=O)O)O[B-](O)(O)CC3)C1.NCCCN1CC(Oc2ccc3c(c2C(=O)O)O[B-](O)(O)CC3)C1.[Na+].[Na+]. The number of nitrogens with two attached hydrogens (primary N) is 2. The van der Waals surface area contributed by atoms with E-state index in [4.69, 9.17) is 30.2 Å². The van der Waals surface area contributed by atoms with E-state index in [1.165, 1.54) is 0 Å². The molecule has 10 N–H and O–H groups in total. The molecule has 4 heterocycles. The van der Waals surface area contributed by atoms with Crippen LogP contribution in [0.3, 0.4) is 0 Å². The summed E-state index contributed by atoms with van der Waals surface area (Å²) in [6, 6.07) is 6.66. The fourth-order valence-electron chi connectivity index (χ4n) is 6.21. The minimum atomic E-state index is -3.02. The number of benzene rings is 2. The van der Waals surface area contributed by atoms with Gasteiger partial charge in [0.05, 0.1) is 11.5 Å². The van der Waals surface area contributed by atoms with Gasteiger partial charge in [0.15, 0.2) is 0 Å². The molecule has 2 aromatic carbocycles. The van der Waals surface area contributed by atoms with Crippen LogP contribution in [-0.2, 0) is 12.8 Å². The number of aromatic carboxylic acids is 2. The first-order valence-corrected chi connectivity index (χ1v) is 16.3. The van der Waals surface area contributed by atoms with Gasteiger partial charge in [-0.15, -0.1) is 0 Å². The van der Waals surface area contributed by atoms with E-state index in [9.17, 15) is 39.9 Å². The van der Waals surface area contributed by atoms with Crippen LogP contribution in [-0.4, -0.2) is 130 Å². The Morgan fingerprint density at radius 1 is 0.700 bits per heavy atom. The Kier molecular flexibility index (Phi) is 15.8. The molecule has 0 unspecified atom stereocenters. The Hall–Kier alpha value is -1.61. The first-order valence-electron chi connectivity index (χ1n) is 16.3. The number of fused-ring (bicyclic) bond motifs is 2. The largest absolute Gasteiger partial charge is 1.00 e. The number of likely N-dealkylation sites (tertiary alicyclic amines) is 2. The van der Waals surface area contributed by atoms with Crippen molar-refractivity contribution in [3.8, 4) is 23.0 Å². The van der Waals surface area contributed by atoms with E-state index in [1.807, 2.05) is 0 Å². The molecule has 0 bridgehead atoms. The maximum Gasteiger partial charge on any atom is 1.00 e. The molecular weight excluding hydrogens is 676 g/mol. The first-order chi connectivity index (χ1) is 22.8. The van der Waals surface area contributed by atoms with Crippen molar-refractivity contribution >= 4 is 25.4 Å². The zero-order valence-corrected chi connectivity index (χ0v) is 32.7. The van der Waals surface area contributed by atoms with Gasteiger partial charge in [-0.25, -0.2) is 9.59 Å².